The van der Waals surface area contributed by atoms with Crippen molar-refractivity contribution in [2.75, 3.05) is 13.6 Å². The van der Waals surface area contributed by atoms with Gasteiger partial charge in [0.2, 0.25) is 0 Å². The molecule has 1 N–H and O–H groups in total. The van der Waals surface area contributed by atoms with Gasteiger partial charge in [-0.15, -0.1) is 0 Å². The van der Waals surface area contributed by atoms with Gasteiger partial charge in [-0.25, -0.2) is 0 Å². The molecule has 2 rings (SSSR count). The molecule has 3 atom stereocenters. The summed E-state index contributed by atoms with van der Waals surface area (Å²) in [6.45, 7) is 5.25. The molecule has 0 aromatic rings. The van der Waals surface area contributed by atoms with Crippen LogP contribution in [0.4, 0.5) is 0 Å². The van der Waals surface area contributed by atoms with Gasteiger partial charge in [0.1, 0.15) is 5.54 Å². The molecule has 2 saturated carbocycles. The van der Waals surface area contributed by atoms with Crippen LogP contribution < -0.4 is 5.32 Å². The average molecular weight is 249 g/mol. The second kappa shape index (κ2) is 5.59. The minimum absolute atomic E-state index is 0.382. The van der Waals surface area contributed by atoms with Crippen LogP contribution in [0.15, 0.2) is 0 Å². The normalized spacial score (nSPS) is 31.9. The molecule has 2 aliphatic rings. The molecule has 3 nitrogen and oxygen atoms in total. The van der Waals surface area contributed by atoms with E-state index in [0.29, 0.717) is 12.1 Å². The number of nitrogens with zero attached hydrogens (tertiary/aromatic N) is 2. The van der Waals surface area contributed by atoms with Gasteiger partial charge in [-0.2, -0.15) is 5.26 Å². The van der Waals surface area contributed by atoms with Crippen LogP contribution in [0.25, 0.3) is 0 Å². The summed E-state index contributed by atoms with van der Waals surface area (Å²) in [4.78, 5) is 2.42. The van der Waals surface area contributed by atoms with Crippen LogP contribution in [-0.2, 0) is 0 Å². The third-order valence-corrected chi connectivity index (χ3v) is 4.54. The molecular formula is C15H27N3. The Hall–Kier alpha value is -0.590. The van der Waals surface area contributed by atoms with Gasteiger partial charge in [0.15, 0.2) is 0 Å². The molecule has 0 amide bonds. The van der Waals surface area contributed by atoms with Crippen LogP contribution in [0.2, 0.25) is 0 Å². The highest BCUT2D eigenvalue weighted by Gasteiger charge is 2.35. The van der Waals surface area contributed by atoms with Crippen molar-refractivity contribution in [3.8, 4) is 6.07 Å². The number of likely N-dealkylation sites (N-methyl/N-ethyl adjacent to an activating group) is 1. The molecule has 0 aromatic heterocycles. The van der Waals surface area contributed by atoms with E-state index in [2.05, 4.69) is 37.2 Å². The molecule has 18 heavy (non-hydrogen) atoms. The highest BCUT2D eigenvalue weighted by Crippen LogP contribution is 2.29. The highest BCUT2D eigenvalue weighted by atomic mass is 15.2. The second-order valence-electron chi connectivity index (χ2n) is 6.61. The lowest BCUT2D eigenvalue weighted by atomic mass is 9.84. The number of rotatable bonds is 5. The Balaban J connectivity index is 1.91. The van der Waals surface area contributed by atoms with Gasteiger partial charge in [-0.05, 0) is 45.6 Å². The van der Waals surface area contributed by atoms with E-state index in [0.717, 1.165) is 12.5 Å². The second-order valence-corrected chi connectivity index (χ2v) is 6.61. The zero-order valence-corrected chi connectivity index (χ0v) is 12.1. The minimum Gasteiger partial charge on any atom is -0.300 e. The smallest absolute Gasteiger partial charge is 0.116 e. The predicted molar refractivity (Wildman–Crippen MR) is 74.2 cm³/mol. The van der Waals surface area contributed by atoms with Crippen LogP contribution in [0.5, 0.6) is 0 Å². The van der Waals surface area contributed by atoms with Gasteiger partial charge in [0, 0.05) is 18.6 Å². The minimum atomic E-state index is -0.382. The van der Waals surface area contributed by atoms with E-state index in [1.807, 2.05) is 0 Å². The summed E-state index contributed by atoms with van der Waals surface area (Å²) < 4.78 is 0. The van der Waals surface area contributed by atoms with E-state index in [4.69, 9.17) is 0 Å². The summed E-state index contributed by atoms with van der Waals surface area (Å²) in [5.41, 5.74) is -0.382. The third kappa shape index (κ3) is 3.46. The molecule has 3 heteroatoms. The van der Waals surface area contributed by atoms with Crippen LogP contribution in [0.3, 0.4) is 0 Å². The summed E-state index contributed by atoms with van der Waals surface area (Å²) in [5.74, 6) is 0.771. The molecule has 0 aliphatic heterocycles. The summed E-state index contributed by atoms with van der Waals surface area (Å²) >= 11 is 0. The van der Waals surface area contributed by atoms with E-state index in [1.165, 1.54) is 38.5 Å². The van der Waals surface area contributed by atoms with E-state index >= 15 is 0 Å². The van der Waals surface area contributed by atoms with Crippen molar-refractivity contribution >= 4 is 0 Å². The molecule has 0 saturated heterocycles. The topological polar surface area (TPSA) is 39.1 Å². The lowest BCUT2D eigenvalue weighted by Gasteiger charge is -2.39. The van der Waals surface area contributed by atoms with Crippen molar-refractivity contribution in [2.24, 2.45) is 5.92 Å². The number of nitriles is 1. The van der Waals surface area contributed by atoms with E-state index in [1.54, 1.807) is 0 Å². The first-order valence-electron chi connectivity index (χ1n) is 7.43. The molecule has 102 valence electrons. The SMILES string of the molecule is CC1CCCCC1N(C)CC(C)(C#N)NC1CC1. The lowest BCUT2D eigenvalue weighted by molar-refractivity contribution is 0.118. The van der Waals surface area contributed by atoms with E-state index in [-0.39, 0.29) is 5.54 Å². The van der Waals surface area contributed by atoms with Crippen LogP contribution in [0.1, 0.15) is 52.4 Å². The fourth-order valence-electron chi connectivity index (χ4n) is 3.36. The lowest BCUT2D eigenvalue weighted by Crippen LogP contribution is -2.53. The number of hydrogen-bond donors (Lipinski definition) is 1. The average Bonchev–Trinajstić information content (AvgIpc) is 3.13. The molecule has 3 unspecified atom stereocenters. The molecule has 2 fully saturated rings. The Morgan fingerprint density at radius 2 is 1.94 bits per heavy atom. The molecule has 2 aliphatic carbocycles. The van der Waals surface area contributed by atoms with Crippen LogP contribution in [0, 0.1) is 17.2 Å². The van der Waals surface area contributed by atoms with Gasteiger partial charge in [0.05, 0.1) is 6.07 Å². The Morgan fingerprint density at radius 1 is 1.28 bits per heavy atom. The Kier molecular flexibility index (Phi) is 4.29. The molecular weight excluding hydrogens is 222 g/mol. The van der Waals surface area contributed by atoms with Crippen molar-refractivity contribution in [1.29, 1.82) is 5.26 Å². The van der Waals surface area contributed by atoms with Crippen molar-refractivity contribution in [2.45, 2.75) is 70.0 Å². The molecule has 0 bridgehead atoms. The van der Waals surface area contributed by atoms with Gasteiger partial charge in [-0.1, -0.05) is 19.8 Å². The van der Waals surface area contributed by atoms with E-state index < -0.39 is 0 Å². The van der Waals surface area contributed by atoms with Gasteiger partial charge < -0.3 is 4.90 Å². The maximum Gasteiger partial charge on any atom is 0.116 e. The first-order chi connectivity index (χ1) is 8.54. The van der Waals surface area contributed by atoms with Gasteiger partial charge >= 0.3 is 0 Å². The summed E-state index contributed by atoms with van der Waals surface area (Å²) in [6, 6.07) is 3.73. The molecule has 0 aromatic carbocycles. The largest absolute Gasteiger partial charge is 0.300 e. The predicted octanol–water partition coefficient (Wildman–Crippen LogP) is 2.53. The zero-order valence-electron chi connectivity index (χ0n) is 12.1. The molecule has 0 radical (unpaired) electrons. The van der Waals surface area contributed by atoms with Crippen LogP contribution in [-0.4, -0.2) is 36.1 Å². The number of hydrogen-bond acceptors (Lipinski definition) is 3. The Labute approximate surface area is 112 Å². The Morgan fingerprint density at radius 3 is 2.50 bits per heavy atom. The first-order valence-corrected chi connectivity index (χ1v) is 7.43. The number of nitrogens with one attached hydrogen (secondary N) is 1. The maximum absolute atomic E-state index is 9.44. The fraction of sp³-hybridized carbons (Fsp3) is 0.933. The fourth-order valence-corrected chi connectivity index (χ4v) is 3.36. The monoisotopic (exact) mass is 249 g/mol. The maximum atomic E-state index is 9.44. The summed E-state index contributed by atoms with van der Waals surface area (Å²) in [6.07, 6.45) is 7.83. The van der Waals surface area contributed by atoms with Crippen LogP contribution >= 0.6 is 0 Å². The molecule has 0 spiro atoms. The van der Waals surface area contributed by atoms with Crippen molar-refractivity contribution in [3.63, 3.8) is 0 Å². The first kappa shape index (κ1) is 13.8. The Bertz CT molecular complexity index is 318. The van der Waals surface area contributed by atoms with Crippen molar-refractivity contribution in [3.05, 3.63) is 0 Å². The third-order valence-electron chi connectivity index (χ3n) is 4.54. The highest BCUT2D eigenvalue weighted by molar-refractivity contribution is 5.09. The quantitative estimate of drug-likeness (QED) is 0.814. The van der Waals surface area contributed by atoms with Crippen molar-refractivity contribution < 1.29 is 0 Å². The van der Waals surface area contributed by atoms with E-state index in [9.17, 15) is 5.26 Å². The van der Waals surface area contributed by atoms with Crippen molar-refractivity contribution in [1.82, 2.24) is 10.2 Å². The standard InChI is InChI=1S/C15H27N3/c1-12-6-4-5-7-14(12)18(3)11-15(2,10-16)17-13-8-9-13/h12-14,17H,4-9,11H2,1-3H3. The molecule has 0 heterocycles. The zero-order chi connectivity index (χ0) is 13.2. The van der Waals surface area contributed by atoms with Gasteiger partial charge in [-0.3, -0.25) is 5.32 Å². The summed E-state index contributed by atoms with van der Waals surface area (Å²) in [5, 5.41) is 12.9. The summed E-state index contributed by atoms with van der Waals surface area (Å²) in [7, 11) is 2.19. The van der Waals surface area contributed by atoms with Gasteiger partial charge in [0.25, 0.3) is 0 Å².